The minimum atomic E-state index is -0.918. The first-order valence-corrected chi connectivity index (χ1v) is 18.0. The molecule has 1 aliphatic carbocycles. The van der Waals surface area contributed by atoms with Crippen LogP contribution in [0.4, 0.5) is 19.0 Å². The highest BCUT2D eigenvalue weighted by molar-refractivity contribution is 6.05. The number of ether oxygens (including phenoxy) is 2. The number of anilines is 1. The molecule has 0 spiro atoms. The molecule has 4 fully saturated rings. The second-order valence-electron chi connectivity index (χ2n) is 15.3. The molecule has 2 bridgehead atoms. The number of hydrogen-bond acceptors (Lipinski definition) is 8. The molecule has 11 heteroatoms. The highest BCUT2D eigenvalue weighted by atomic mass is 19.1. The number of hydrogen-bond donors (Lipinski definition) is 2. The normalized spacial score (nSPS) is 29.0. The largest absolute Gasteiger partial charge is 0.508 e. The van der Waals surface area contributed by atoms with Crippen molar-refractivity contribution in [2.24, 2.45) is 11.8 Å². The van der Waals surface area contributed by atoms with E-state index in [-0.39, 0.29) is 64.7 Å². The average molecular weight is 672 g/mol. The third kappa shape index (κ3) is 4.57. The van der Waals surface area contributed by atoms with E-state index in [4.69, 9.17) is 14.5 Å². The maximum Gasteiger partial charge on any atom is 0.319 e. The van der Waals surface area contributed by atoms with Crippen LogP contribution in [-0.2, 0) is 12.8 Å². The number of nitrogens with zero attached hydrogens (tertiary/aromatic N) is 4. The molecule has 3 aromatic carbocycles. The molecule has 1 aromatic heterocycles. The maximum atomic E-state index is 17.4. The maximum absolute atomic E-state index is 17.4. The summed E-state index contributed by atoms with van der Waals surface area (Å²) < 4.78 is 62.0. The van der Waals surface area contributed by atoms with Crippen LogP contribution in [0.1, 0.15) is 49.7 Å². The standard InChI is InChI=1S/C38H40F3N5O3/c39-24-13-38(9-2-10-45(38)17-24)19-49-37-43-34-31-35(48-18-28-23-6-5-20(14-42-15-23)16-46(28)36(31)44-37)33(41)30(32(34)40)27-12-25(47)11-22-8-7-21-3-1-4-26(21)29(22)27/h7-8,11-12,20,23-24,28,42,47H,1-6,9-10,13-19H2/t20?,23?,24-,28?,38+/m1/s1. The zero-order valence-electron chi connectivity index (χ0n) is 27.4. The molecule has 0 amide bonds. The number of rotatable bonds is 4. The van der Waals surface area contributed by atoms with Crippen molar-refractivity contribution < 1.29 is 27.8 Å². The summed E-state index contributed by atoms with van der Waals surface area (Å²) >= 11 is 0. The first-order chi connectivity index (χ1) is 23.9. The van der Waals surface area contributed by atoms with Gasteiger partial charge in [-0.1, -0.05) is 12.1 Å². The van der Waals surface area contributed by atoms with E-state index >= 15 is 8.78 Å². The van der Waals surface area contributed by atoms with Crippen LogP contribution in [-0.4, -0.2) is 83.7 Å². The van der Waals surface area contributed by atoms with Gasteiger partial charge in [-0.2, -0.15) is 9.97 Å². The summed E-state index contributed by atoms with van der Waals surface area (Å²) in [4.78, 5) is 14.0. The summed E-state index contributed by atoms with van der Waals surface area (Å²) in [5.41, 5.74) is 1.72. The second-order valence-corrected chi connectivity index (χ2v) is 15.3. The van der Waals surface area contributed by atoms with Crippen molar-refractivity contribution >= 4 is 27.5 Å². The van der Waals surface area contributed by atoms with Crippen LogP contribution in [0.15, 0.2) is 24.3 Å². The van der Waals surface area contributed by atoms with E-state index in [1.165, 1.54) is 6.07 Å². The van der Waals surface area contributed by atoms with Crippen molar-refractivity contribution in [3.63, 3.8) is 0 Å². The van der Waals surface area contributed by atoms with Crippen LogP contribution in [0, 0.1) is 23.5 Å². The van der Waals surface area contributed by atoms with E-state index in [0.717, 1.165) is 86.5 Å². The molecule has 256 valence electrons. The number of aromatic hydroxyl groups is 1. The Bertz CT molecular complexity index is 2030. The Labute approximate surface area is 282 Å². The predicted molar refractivity (Wildman–Crippen MR) is 180 cm³/mol. The van der Waals surface area contributed by atoms with Crippen molar-refractivity contribution in [3.8, 4) is 28.6 Å². The minimum absolute atomic E-state index is 0.00304. The molecule has 10 rings (SSSR count). The lowest BCUT2D eigenvalue weighted by molar-refractivity contribution is 0.107. The average Bonchev–Trinajstić information content (AvgIpc) is 3.65. The van der Waals surface area contributed by atoms with E-state index in [9.17, 15) is 9.50 Å². The van der Waals surface area contributed by atoms with E-state index in [1.54, 1.807) is 6.07 Å². The number of benzene rings is 3. The van der Waals surface area contributed by atoms with Crippen LogP contribution < -0.4 is 19.7 Å². The van der Waals surface area contributed by atoms with Gasteiger partial charge in [0.15, 0.2) is 17.4 Å². The van der Waals surface area contributed by atoms with Gasteiger partial charge >= 0.3 is 6.01 Å². The number of aryl methyl sites for hydroxylation is 2. The molecule has 8 nitrogen and oxygen atoms in total. The van der Waals surface area contributed by atoms with Gasteiger partial charge in [0.05, 0.1) is 22.5 Å². The topological polar surface area (TPSA) is 83.0 Å². The Kier molecular flexibility index (Phi) is 6.79. The molecule has 4 aromatic rings. The Hall–Kier alpha value is -3.83. The first kappa shape index (κ1) is 30.0. The van der Waals surface area contributed by atoms with Crippen LogP contribution in [0.3, 0.4) is 0 Å². The summed E-state index contributed by atoms with van der Waals surface area (Å²) in [6, 6.07) is 6.96. The van der Waals surface area contributed by atoms with E-state index in [0.29, 0.717) is 31.2 Å². The van der Waals surface area contributed by atoms with Crippen LogP contribution in [0.5, 0.6) is 17.5 Å². The number of alkyl halides is 1. The fourth-order valence-corrected chi connectivity index (χ4v) is 10.2. The SMILES string of the molecule is Oc1cc(-c2c(F)c3c4c(nc(OC[C@@]56CCCN5C[C@H](F)C6)nc4c2F)N2CC4CCC(CNC4)C2CO3)c2c3c(ccc2c1)CCC3. The number of halogens is 3. The van der Waals surface area contributed by atoms with Crippen molar-refractivity contribution in [1.29, 1.82) is 0 Å². The molecule has 5 atom stereocenters. The predicted octanol–water partition coefficient (Wildman–Crippen LogP) is 6.07. The van der Waals surface area contributed by atoms with Crippen LogP contribution >= 0.6 is 0 Å². The number of fused-ring (bicyclic) bond motifs is 10. The van der Waals surface area contributed by atoms with Crippen molar-refractivity contribution in [1.82, 2.24) is 20.2 Å². The van der Waals surface area contributed by atoms with Crippen LogP contribution in [0.25, 0.3) is 32.8 Å². The molecule has 4 saturated heterocycles. The van der Waals surface area contributed by atoms with Gasteiger partial charge in [-0.05, 0) is 109 Å². The molecule has 49 heavy (non-hydrogen) atoms. The molecule has 6 aliphatic rings. The fourth-order valence-electron chi connectivity index (χ4n) is 10.2. The molecular weight excluding hydrogens is 631 g/mol. The van der Waals surface area contributed by atoms with Crippen molar-refractivity contribution in [2.45, 2.75) is 69.1 Å². The molecular formula is C38H40F3N5O3. The number of phenolic OH excluding ortho intramolecular Hbond substituents is 1. The third-order valence-corrected chi connectivity index (χ3v) is 12.5. The lowest BCUT2D eigenvalue weighted by Crippen LogP contribution is -2.50. The molecule has 6 heterocycles. The van der Waals surface area contributed by atoms with E-state index in [1.807, 2.05) is 12.1 Å². The van der Waals surface area contributed by atoms with Gasteiger partial charge in [-0.3, -0.25) is 4.90 Å². The Morgan fingerprint density at radius 3 is 2.88 bits per heavy atom. The minimum Gasteiger partial charge on any atom is -0.508 e. The van der Waals surface area contributed by atoms with Gasteiger partial charge in [0.25, 0.3) is 0 Å². The zero-order chi connectivity index (χ0) is 33.0. The summed E-state index contributed by atoms with van der Waals surface area (Å²) in [5.74, 6) is -0.794. The highest BCUT2D eigenvalue weighted by Gasteiger charge is 2.50. The second kappa shape index (κ2) is 11.1. The van der Waals surface area contributed by atoms with Gasteiger partial charge in [0.1, 0.15) is 36.5 Å². The molecule has 3 unspecified atom stereocenters. The van der Waals surface area contributed by atoms with Gasteiger partial charge in [-0.25, -0.2) is 13.2 Å². The first-order valence-electron chi connectivity index (χ1n) is 18.0. The smallest absolute Gasteiger partial charge is 0.319 e. The Balaban J connectivity index is 1.19. The molecule has 5 aliphatic heterocycles. The number of nitrogens with one attached hydrogen (secondary N) is 1. The molecule has 2 N–H and O–H groups in total. The summed E-state index contributed by atoms with van der Waals surface area (Å²) in [7, 11) is 0. The highest BCUT2D eigenvalue weighted by Crippen LogP contribution is 2.49. The number of phenols is 1. The summed E-state index contributed by atoms with van der Waals surface area (Å²) in [6.07, 6.45) is 5.94. The van der Waals surface area contributed by atoms with Gasteiger partial charge < -0.3 is 24.8 Å². The third-order valence-electron chi connectivity index (χ3n) is 12.5. The zero-order valence-corrected chi connectivity index (χ0v) is 27.4. The lowest BCUT2D eigenvalue weighted by atomic mass is 9.91. The summed E-state index contributed by atoms with van der Waals surface area (Å²) in [6.45, 7) is 3.95. The summed E-state index contributed by atoms with van der Waals surface area (Å²) in [5, 5.41) is 16.1. The fraction of sp³-hybridized carbons (Fsp3) is 0.526. The number of aromatic nitrogens is 2. The Morgan fingerprint density at radius 2 is 1.96 bits per heavy atom. The quantitative estimate of drug-likeness (QED) is 0.271. The van der Waals surface area contributed by atoms with E-state index < -0.39 is 23.3 Å². The van der Waals surface area contributed by atoms with Gasteiger partial charge in [-0.15, -0.1) is 0 Å². The Morgan fingerprint density at radius 1 is 1.04 bits per heavy atom. The van der Waals surface area contributed by atoms with Gasteiger partial charge in [0, 0.05) is 26.1 Å². The molecule has 0 saturated carbocycles. The van der Waals surface area contributed by atoms with Crippen LogP contribution in [0.2, 0.25) is 0 Å². The monoisotopic (exact) mass is 671 g/mol. The molecule has 0 radical (unpaired) electrons. The van der Waals surface area contributed by atoms with Gasteiger partial charge in [0.2, 0.25) is 0 Å². The lowest BCUT2D eigenvalue weighted by Gasteiger charge is -2.37. The van der Waals surface area contributed by atoms with Crippen molar-refractivity contribution in [3.05, 3.63) is 47.0 Å². The van der Waals surface area contributed by atoms with Crippen molar-refractivity contribution in [2.75, 3.05) is 50.8 Å². The van der Waals surface area contributed by atoms with E-state index in [2.05, 4.69) is 20.1 Å².